The predicted molar refractivity (Wildman–Crippen MR) is 78.3 cm³/mol. The quantitative estimate of drug-likeness (QED) is 0.858. The van der Waals surface area contributed by atoms with Crippen molar-refractivity contribution in [3.8, 4) is 0 Å². The Morgan fingerprint density at radius 2 is 2.17 bits per heavy atom. The molecule has 0 aromatic heterocycles. The first-order valence-electron chi connectivity index (χ1n) is 7.15. The highest BCUT2D eigenvalue weighted by Gasteiger charge is 2.37. The molecule has 18 heavy (non-hydrogen) atoms. The van der Waals surface area contributed by atoms with E-state index in [1.165, 1.54) is 19.4 Å². The fourth-order valence-corrected chi connectivity index (χ4v) is 3.16. The second-order valence-electron chi connectivity index (χ2n) is 6.36. The van der Waals surface area contributed by atoms with Crippen LogP contribution < -0.4 is 5.32 Å². The minimum atomic E-state index is -0.103. The van der Waals surface area contributed by atoms with E-state index in [1.54, 1.807) is 0 Å². The van der Waals surface area contributed by atoms with E-state index in [4.69, 9.17) is 4.74 Å². The topological polar surface area (TPSA) is 24.5 Å². The number of halogens is 1. The van der Waals surface area contributed by atoms with E-state index >= 15 is 0 Å². The van der Waals surface area contributed by atoms with Crippen molar-refractivity contribution in [3.05, 3.63) is 0 Å². The second kappa shape index (κ2) is 6.56. The third-order valence-electron chi connectivity index (χ3n) is 4.22. The van der Waals surface area contributed by atoms with Crippen molar-refractivity contribution < 1.29 is 4.74 Å². The van der Waals surface area contributed by atoms with E-state index in [2.05, 4.69) is 37.9 Å². The smallest absolute Gasteiger partial charge is 0.117 e. The summed E-state index contributed by atoms with van der Waals surface area (Å²) in [5.41, 5.74) is -0.103. The summed E-state index contributed by atoms with van der Waals surface area (Å²) in [5.74, 6) is 0.646. The summed E-state index contributed by atoms with van der Waals surface area (Å²) in [6.45, 7) is 12.3. The van der Waals surface area contributed by atoms with E-state index in [1.807, 2.05) is 0 Å². The Morgan fingerprint density at radius 1 is 1.44 bits per heavy atom. The van der Waals surface area contributed by atoms with Crippen molar-refractivity contribution in [1.29, 1.82) is 0 Å². The van der Waals surface area contributed by atoms with Crippen LogP contribution in [-0.2, 0) is 4.74 Å². The van der Waals surface area contributed by atoms with E-state index in [-0.39, 0.29) is 18.1 Å². The summed E-state index contributed by atoms with van der Waals surface area (Å²) < 4.78 is 6.03. The van der Waals surface area contributed by atoms with Crippen LogP contribution in [0.4, 0.5) is 0 Å². The Morgan fingerprint density at radius 3 is 2.72 bits per heavy atom. The molecule has 0 bridgehead atoms. The number of hydrogen-bond donors (Lipinski definition) is 1. The predicted octanol–water partition coefficient (Wildman–Crippen LogP) is 2.64. The van der Waals surface area contributed by atoms with Crippen molar-refractivity contribution in [2.45, 2.75) is 64.8 Å². The van der Waals surface area contributed by atoms with Gasteiger partial charge in [-0.2, -0.15) is 0 Å². The van der Waals surface area contributed by atoms with Crippen LogP contribution in [0, 0.1) is 5.92 Å². The second-order valence-corrected chi connectivity index (χ2v) is 6.36. The summed E-state index contributed by atoms with van der Waals surface area (Å²) in [6.07, 6.45) is 3.79. The van der Waals surface area contributed by atoms with Gasteiger partial charge < -0.3 is 4.74 Å². The van der Waals surface area contributed by atoms with Gasteiger partial charge in [0.1, 0.15) is 5.72 Å². The zero-order chi connectivity index (χ0) is 12.5. The van der Waals surface area contributed by atoms with Gasteiger partial charge in [0.2, 0.25) is 0 Å². The van der Waals surface area contributed by atoms with Gasteiger partial charge in [-0.15, -0.1) is 12.4 Å². The van der Waals surface area contributed by atoms with E-state index < -0.39 is 0 Å². The van der Waals surface area contributed by atoms with Gasteiger partial charge in [0.25, 0.3) is 0 Å². The lowest BCUT2D eigenvalue weighted by molar-refractivity contribution is -0.115. The van der Waals surface area contributed by atoms with Crippen LogP contribution in [0.15, 0.2) is 0 Å². The molecule has 2 aliphatic heterocycles. The Hall–Kier alpha value is 0.170. The van der Waals surface area contributed by atoms with Crippen LogP contribution in [0.2, 0.25) is 0 Å². The van der Waals surface area contributed by atoms with E-state index in [9.17, 15) is 0 Å². The van der Waals surface area contributed by atoms with Crippen molar-refractivity contribution in [3.63, 3.8) is 0 Å². The molecule has 0 saturated carbocycles. The van der Waals surface area contributed by atoms with E-state index in [0.717, 1.165) is 19.6 Å². The molecule has 4 heteroatoms. The molecule has 0 spiro atoms. The minimum Gasteiger partial charge on any atom is -0.361 e. The highest BCUT2D eigenvalue weighted by Crippen LogP contribution is 2.29. The lowest BCUT2D eigenvalue weighted by Gasteiger charge is -2.41. The molecular formula is C14H29ClN2O. The van der Waals surface area contributed by atoms with Gasteiger partial charge in [-0.05, 0) is 46.1 Å². The minimum absolute atomic E-state index is 0. The Labute approximate surface area is 118 Å². The molecular weight excluding hydrogens is 248 g/mol. The molecule has 2 fully saturated rings. The van der Waals surface area contributed by atoms with Gasteiger partial charge in [0, 0.05) is 25.0 Å². The van der Waals surface area contributed by atoms with Gasteiger partial charge in [-0.1, -0.05) is 6.92 Å². The summed E-state index contributed by atoms with van der Waals surface area (Å²) in [7, 11) is 0. The summed E-state index contributed by atoms with van der Waals surface area (Å²) in [5, 5.41) is 3.58. The number of ether oxygens (including phenoxy) is 1. The molecule has 2 rings (SSSR count). The summed E-state index contributed by atoms with van der Waals surface area (Å²) in [4.78, 5) is 2.63. The molecule has 0 aliphatic carbocycles. The lowest BCUT2D eigenvalue weighted by atomic mass is 9.99. The average molecular weight is 277 g/mol. The maximum atomic E-state index is 6.03. The van der Waals surface area contributed by atoms with Crippen molar-refractivity contribution >= 4 is 12.4 Å². The lowest BCUT2D eigenvalue weighted by Crippen LogP contribution is -2.55. The SMILES string of the molecule is CC1CNC(C)(CC2CCCN2C(C)C)OC1.Cl. The molecule has 0 aromatic carbocycles. The zero-order valence-electron chi connectivity index (χ0n) is 12.2. The van der Waals surface area contributed by atoms with Crippen LogP contribution in [-0.4, -0.2) is 42.4 Å². The maximum absolute atomic E-state index is 6.03. The molecule has 3 nitrogen and oxygen atoms in total. The van der Waals surface area contributed by atoms with Crippen molar-refractivity contribution in [2.24, 2.45) is 5.92 Å². The van der Waals surface area contributed by atoms with Crippen LogP contribution in [0.5, 0.6) is 0 Å². The Kier molecular flexibility index (Phi) is 5.91. The molecule has 0 amide bonds. The van der Waals surface area contributed by atoms with Gasteiger partial charge in [0.05, 0.1) is 6.61 Å². The monoisotopic (exact) mass is 276 g/mol. The van der Waals surface area contributed by atoms with Crippen LogP contribution in [0.1, 0.15) is 47.0 Å². The van der Waals surface area contributed by atoms with E-state index in [0.29, 0.717) is 18.0 Å². The molecule has 3 atom stereocenters. The zero-order valence-corrected chi connectivity index (χ0v) is 13.1. The molecule has 108 valence electrons. The largest absolute Gasteiger partial charge is 0.361 e. The molecule has 2 heterocycles. The first kappa shape index (κ1) is 16.2. The summed E-state index contributed by atoms with van der Waals surface area (Å²) in [6, 6.07) is 1.36. The van der Waals surface area contributed by atoms with Gasteiger partial charge in [-0.3, -0.25) is 10.2 Å². The number of hydrogen-bond acceptors (Lipinski definition) is 3. The fraction of sp³-hybridized carbons (Fsp3) is 1.00. The average Bonchev–Trinajstić information content (AvgIpc) is 2.71. The number of rotatable bonds is 3. The molecule has 1 N–H and O–H groups in total. The Balaban J connectivity index is 0.00000162. The van der Waals surface area contributed by atoms with Crippen LogP contribution in [0.25, 0.3) is 0 Å². The van der Waals surface area contributed by atoms with Crippen molar-refractivity contribution in [2.75, 3.05) is 19.7 Å². The first-order chi connectivity index (χ1) is 8.00. The van der Waals surface area contributed by atoms with Crippen LogP contribution in [0.3, 0.4) is 0 Å². The Bertz CT molecular complexity index is 252. The standard InChI is InChI=1S/C14H28N2O.ClH/c1-11(2)16-7-5-6-13(16)8-14(4)15-9-12(3)10-17-14;/h11-13,15H,5-10H2,1-4H3;1H. The van der Waals surface area contributed by atoms with Gasteiger partial charge >= 0.3 is 0 Å². The highest BCUT2D eigenvalue weighted by atomic mass is 35.5. The number of nitrogens with one attached hydrogen (secondary N) is 1. The molecule has 2 saturated heterocycles. The normalized spacial score (nSPS) is 37.8. The maximum Gasteiger partial charge on any atom is 0.117 e. The third-order valence-corrected chi connectivity index (χ3v) is 4.22. The first-order valence-corrected chi connectivity index (χ1v) is 7.15. The molecule has 3 unspecified atom stereocenters. The van der Waals surface area contributed by atoms with Crippen molar-refractivity contribution in [1.82, 2.24) is 10.2 Å². The number of likely N-dealkylation sites (tertiary alicyclic amines) is 1. The molecule has 0 radical (unpaired) electrons. The van der Waals surface area contributed by atoms with Gasteiger partial charge in [-0.25, -0.2) is 0 Å². The van der Waals surface area contributed by atoms with Crippen LogP contribution >= 0.6 is 12.4 Å². The fourth-order valence-electron chi connectivity index (χ4n) is 3.16. The number of nitrogens with zero attached hydrogens (tertiary/aromatic N) is 1. The highest BCUT2D eigenvalue weighted by molar-refractivity contribution is 5.85. The summed E-state index contributed by atoms with van der Waals surface area (Å²) >= 11 is 0. The molecule has 0 aromatic rings. The molecule has 2 aliphatic rings. The van der Waals surface area contributed by atoms with Gasteiger partial charge in [0.15, 0.2) is 0 Å². The third kappa shape index (κ3) is 3.83.